The number of hydrogen-bond donors (Lipinski definition) is 3. The summed E-state index contributed by atoms with van der Waals surface area (Å²) >= 11 is 0. The van der Waals surface area contributed by atoms with Crippen molar-refractivity contribution in [2.75, 3.05) is 13.7 Å². The van der Waals surface area contributed by atoms with Crippen molar-refractivity contribution in [3.63, 3.8) is 0 Å². The zero-order valence-electron chi connectivity index (χ0n) is 15.8. The summed E-state index contributed by atoms with van der Waals surface area (Å²) in [6.07, 6.45) is -1.46. The maximum absolute atomic E-state index is 12.5. The Morgan fingerprint density at radius 2 is 1.80 bits per heavy atom. The minimum Gasteiger partial charge on any atom is -0.469 e. The van der Waals surface area contributed by atoms with Crippen molar-refractivity contribution in [3.8, 4) is 0 Å². The summed E-state index contributed by atoms with van der Waals surface area (Å²) in [7, 11) is 1.25. The maximum atomic E-state index is 12.5. The zero-order chi connectivity index (χ0) is 19.4. The molecule has 0 aromatic heterocycles. The van der Waals surface area contributed by atoms with Gasteiger partial charge in [-0.15, -0.1) is 0 Å². The Hall–Kier alpha value is -1.18. The first kappa shape index (κ1) is 20.1. The van der Waals surface area contributed by atoms with Crippen LogP contribution in [0.3, 0.4) is 0 Å². The SMILES string of the molecule is COC(=O)C1C(C)CC(O)C2C(C)(C)C(OC(C)=O)C(C)(CO)C12O. The molecule has 0 aromatic carbocycles. The molecule has 7 unspecified atom stereocenters. The number of fused-ring (bicyclic) bond motifs is 1. The average Bonchev–Trinajstić information content (AvgIpc) is 2.62. The first-order chi connectivity index (χ1) is 11.4. The summed E-state index contributed by atoms with van der Waals surface area (Å²) in [4.78, 5) is 24.2. The predicted molar refractivity (Wildman–Crippen MR) is 88.3 cm³/mol. The lowest BCUT2D eigenvalue weighted by molar-refractivity contribution is -0.223. The van der Waals surface area contributed by atoms with Gasteiger partial charge in [0.25, 0.3) is 0 Å². The molecule has 144 valence electrons. The van der Waals surface area contributed by atoms with Gasteiger partial charge < -0.3 is 24.8 Å². The van der Waals surface area contributed by atoms with E-state index in [0.717, 1.165) is 0 Å². The summed E-state index contributed by atoms with van der Waals surface area (Å²) < 4.78 is 10.4. The summed E-state index contributed by atoms with van der Waals surface area (Å²) in [5.41, 5.74) is -3.97. The van der Waals surface area contributed by atoms with E-state index in [1.54, 1.807) is 27.7 Å². The third-order valence-electron chi connectivity index (χ3n) is 6.55. The lowest BCUT2D eigenvalue weighted by Gasteiger charge is -2.53. The van der Waals surface area contributed by atoms with E-state index < -0.39 is 59.0 Å². The van der Waals surface area contributed by atoms with E-state index in [9.17, 15) is 24.9 Å². The number of carbonyl (C=O) groups excluding carboxylic acids is 2. The second kappa shape index (κ2) is 6.21. The lowest BCUT2D eigenvalue weighted by atomic mass is 9.55. The van der Waals surface area contributed by atoms with Crippen molar-refractivity contribution in [3.05, 3.63) is 0 Å². The van der Waals surface area contributed by atoms with Crippen molar-refractivity contribution in [1.82, 2.24) is 0 Å². The molecule has 0 amide bonds. The van der Waals surface area contributed by atoms with Crippen LogP contribution in [0.15, 0.2) is 0 Å². The zero-order valence-corrected chi connectivity index (χ0v) is 15.8. The third kappa shape index (κ3) is 2.51. The van der Waals surface area contributed by atoms with Crippen LogP contribution in [0.1, 0.15) is 41.0 Å². The maximum Gasteiger partial charge on any atom is 0.311 e. The van der Waals surface area contributed by atoms with E-state index in [1.807, 2.05) is 0 Å². The molecule has 2 saturated carbocycles. The summed E-state index contributed by atoms with van der Waals surface area (Å²) in [5.74, 6) is -3.20. The van der Waals surface area contributed by atoms with Gasteiger partial charge in [0.1, 0.15) is 6.10 Å². The van der Waals surface area contributed by atoms with Crippen LogP contribution in [0.2, 0.25) is 0 Å². The molecular weight excluding hydrogens is 328 g/mol. The summed E-state index contributed by atoms with van der Waals surface area (Å²) in [6.45, 7) is 7.69. The highest BCUT2D eigenvalue weighted by molar-refractivity contribution is 5.75. The molecule has 0 saturated heterocycles. The molecule has 0 bridgehead atoms. The van der Waals surface area contributed by atoms with Gasteiger partial charge in [0.15, 0.2) is 0 Å². The van der Waals surface area contributed by atoms with E-state index in [0.29, 0.717) is 6.42 Å². The topological polar surface area (TPSA) is 113 Å². The number of ether oxygens (including phenoxy) is 2. The van der Waals surface area contributed by atoms with Gasteiger partial charge in [-0.05, 0) is 12.3 Å². The first-order valence-electron chi connectivity index (χ1n) is 8.65. The van der Waals surface area contributed by atoms with Crippen molar-refractivity contribution in [2.45, 2.75) is 58.8 Å². The molecule has 0 aromatic rings. The van der Waals surface area contributed by atoms with Crippen LogP contribution in [-0.4, -0.2) is 58.8 Å². The van der Waals surface area contributed by atoms with Crippen LogP contribution in [0, 0.1) is 28.6 Å². The predicted octanol–water partition coefficient (Wildman–Crippen LogP) is 0.494. The van der Waals surface area contributed by atoms with Crippen LogP contribution in [0.5, 0.6) is 0 Å². The number of methoxy groups -OCH3 is 1. The van der Waals surface area contributed by atoms with Gasteiger partial charge in [-0.2, -0.15) is 0 Å². The highest BCUT2D eigenvalue weighted by atomic mass is 16.5. The fourth-order valence-corrected chi connectivity index (χ4v) is 5.74. The molecule has 2 fully saturated rings. The number of carbonyl (C=O) groups is 2. The molecule has 7 heteroatoms. The second-order valence-corrected chi connectivity index (χ2v) is 8.47. The van der Waals surface area contributed by atoms with Gasteiger partial charge in [0.05, 0.1) is 36.8 Å². The van der Waals surface area contributed by atoms with E-state index in [4.69, 9.17) is 9.47 Å². The van der Waals surface area contributed by atoms with Crippen molar-refractivity contribution < 1.29 is 34.4 Å². The molecule has 2 rings (SSSR count). The van der Waals surface area contributed by atoms with Crippen LogP contribution >= 0.6 is 0 Å². The number of aliphatic hydroxyl groups is 3. The Kier molecular flexibility index (Phi) is 5.00. The average molecular weight is 358 g/mol. The van der Waals surface area contributed by atoms with Crippen molar-refractivity contribution in [1.29, 1.82) is 0 Å². The molecule has 3 N–H and O–H groups in total. The van der Waals surface area contributed by atoms with E-state index in [-0.39, 0.29) is 5.92 Å². The van der Waals surface area contributed by atoms with Crippen molar-refractivity contribution >= 4 is 11.9 Å². The highest BCUT2D eigenvalue weighted by Gasteiger charge is 2.77. The Bertz CT molecular complexity index is 560. The second-order valence-electron chi connectivity index (χ2n) is 8.47. The van der Waals surface area contributed by atoms with Gasteiger partial charge in [-0.1, -0.05) is 27.7 Å². The first-order valence-corrected chi connectivity index (χ1v) is 8.65. The van der Waals surface area contributed by atoms with Gasteiger partial charge in [-0.3, -0.25) is 9.59 Å². The number of hydrogen-bond acceptors (Lipinski definition) is 7. The van der Waals surface area contributed by atoms with Crippen molar-refractivity contribution in [2.24, 2.45) is 28.6 Å². The van der Waals surface area contributed by atoms with E-state index >= 15 is 0 Å². The van der Waals surface area contributed by atoms with Gasteiger partial charge in [0, 0.05) is 18.3 Å². The van der Waals surface area contributed by atoms with Gasteiger partial charge >= 0.3 is 11.9 Å². The Morgan fingerprint density at radius 1 is 1.24 bits per heavy atom. The quantitative estimate of drug-likeness (QED) is 0.629. The minimum atomic E-state index is -1.78. The third-order valence-corrected chi connectivity index (χ3v) is 6.55. The minimum absolute atomic E-state index is 0.310. The monoisotopic (exact) mass is 358 g/mol. The summed E-state index contributed by atoms with van der Waals surface area (Å²) in [6, 6.07) is 0. The van der Waals surface area contributed by atoms with Crippen LogP contribution in [0.4, 0.5) is 0 Å². The Balaban J connectivity index is 2.73. The van der Waals surface area contributed by atoms with Gasteiger partial charge in [0.2, 0.25) is 0 Å². The Morgan fingerprint density at radius 3 is 2.24 bits per heavy atom. The standard InChI is InChI=1S/C18H30O7/c1-9-7-11(21)13-16(3,4)15(25-10(2)20)17(5,8-19)18(13,23)12(9)14(22)24-6/h9,11-13,15,19,21,23H,7-8H2,1-6H3. The molecule has 2 aliphatic rings. The fourth-order valence-electron chi connectivity index (χ4n) is 5.74. The number of esters is 2. The van der Waals surface area contributed by atoms with Crippen LogP contribution in [-0.2, 0) is 19.1 Å². The smallest absolute Gasteiger partial charge is 0.311 e. The Labute approximate surface area is 148 Å². The highest BCUT2D eigenvalue weighted by Crippen LogP contribution is 2.67. The summed E-state index contributed by atoms with van der Waals surface area (Å²) in [5, 5.41) is 32.8. The molecule has 0 heterocycles. The fraction of sp³-hybridized carbons (Fsp3) is 0.889. The van der Waals surface area contributed by atoms with E-state index in [1.165, 1.54) is 14.0 Å². The molecule has 0 radical (unpaired) electrons. The largest absolute Gasteiger partial charge is 0.469 e. The number of aliphatic hydroxyl groups excluding tert-OH is 2. The number of rotatable bonds is 3. The molecule has 7 atom stereocenters. The molecule has 0 spiro atoms. The molecule has 2 aliphatic carbocycles. The lowest BCUT2D eigenvalue weighted by Crippen LogP contribution is -2.65. The van der Waals surface area contributed by atoms with E-state index in [2.05, 4.69) is 0 Å². The molecule has 25 heavy (non-hydrogen) atoms. The van der Waals surface area contributed by atoms with Crippen LogP contribution < -0.4 is 0 Å². The van der Waals surface area contributed by atoms with Gasteiger partial charge in [-0.25, -0.2) is 0 Å². The normalized spacial score (nSPS) is 45.6. The molecular formula is C18H30O7. The molecule has 7 nitrogen and oxygen atoms in total. The molecule has 0 aliphatic heterocycles. The van der Waals surface area contributed by atoms with Crippen LogP contribution in [0.25, 0.3) is 0 Å².